The number of hydrogen-bond acceptors (Lipinski definition) is 4. The minimum absolute atomic E-state index is 0.301. The summed E-state index contributed by atoms with van der Waals surface area (Å²) in [7, 11) is 0. The molecule has 4 heteroatoms. The van der Waals surface area contributed by atoms with Crippen molar-refractivity contribution in [1.82, 2.24) is 0 Å². The molecule has 134 valence electrons. The van der Waals surface area contributed by atoms with Gasteiger partial charge in [-0.05, 0) is 62.1 Å². The number of ether oxygens (including phenoxy) is 1. The SMILES string of the molecule is CCc1cc(=O)oc2c(C)c3c(cc12)CN(c1cc(C)cc(C)c1)CO3. The van der Waals surface area contributed by atoms with Crippen molar-refractivity contribution in [2.45, 2.75) is 40.7 Å². The van der Waals surface area contributed by atoms with Crippen LogP contribution in [0.4, 0.5) is 5.69 Å². The first-order valence-electron chi connectivity index (χ1n) is 9.01. The predicted molar refractivity (Wildman–Crippen MR) is 104 cm³/mol. The van der Waals surface area contributed by atoms with Gasteiger partial charge in [0.2, 0.25) is 0 Å². The summed E-state index contributed by atoms with van der Waals surface area (Å²) < 4.78 is 11.6. The standard InChI is InChI=1S/C22H23NO3/c1-5-16-10-20(24)26-22-15(4)21-17(9-19(16)22)11-23(12-25-21)18-7-13(2)6-14(3)8-18/h6-10H,5,11-12H2,1-4H3. The van der Waals surface area contributed by atoms with Gasteiger partial charge in [-0.1, -0.05) is 13.0 Å². The van der Waals surface area contributed by atoms with Crippen LogP contribution in [0.1, 0.15) is 34.7 Å². The number of rotatable bonds is 2. The van der Waals surface area contributed by atoms with Gasteiger partial charge in [0.25, 0.3) is 0 Å². The van der Waals surface area contributed by atoms with Gasteiger partial charge >= 0.3 is 5.63 Å². The Kier molecular flexibility index (Phi) is 3.98. The van der Waals surface area contributed by atoms with E-state index in [4.69, 9.17) is 9.15 Å². The van der Waals surface area contributed by atoms with Crippen molar-refractivity contribution in [3.05, 3.63) is 68.6 Å². The maximum absolute atomic E-state index is 11.9. The molecule has 26 heavy (non-hydrogen) atoms. The van der Waals surface area contributed by atoms with Gasteiger partial charge < -0.3 is 14.1 Å². The molecule has 1 aliphatic heterocycles. The fraction of sp³-hybridized carbons (Fsp3) is 0.318. The van der Waals surface area contributed by atoms with Crippen LogP contribution in [0.2, 0.25) is 0 Å². The molecule has 0 amide bonds. The van der Waals surface area contributed by atoms with Crippen molar-refractivity contribution in [2.24, 2.45) is 0 Å². The normalized spacial score (nSPS) is 13.6. The van der Waals surface area contributed by atoms with Crippen molar-refractivity contribution < 1.29 is 9.15 Å². The molecule has 2 heterocycles. The summed E-state index contributed by atoms with van der Waals surface area (Å²) in [5, 5.41) is 1.01. The fourth-order valence-electron chi connectivity index (χ4n) is 3.88. The zero-order chi connectivity index (χ0) is 18.4. The average molecular weight is 349 g/mol. The lowest BCUT2D eigenvalue weighted by molar-refractivity contribution is 0.287. The second kappa shape index (κ2) is 6.20. The summed E-state index contributed by atoms with van der Waals surface area (Å²) in [6.07, 6.45) is 0.794. The van der Waals surface area contributed by atoms with Crippen molar-refractivity contribution in [3.8, 4) is 5.75 Å². The summed E-state index contributed by atoms with van der Waals surface area (Å²) in [6, 6.07) is 10.3. The Morgan fingerprint density at radius 2 is 1.77 bits per heavy atom. The van der Waals surface area contributed by atoms with E-state index in [2.05, 4.69) is 49.9 Å². The lowest BCUT2D eigenvalue weighted by atomic mass is 9.99. The van der Waals surface area contributed by atoms with E-state index in [0.717, 1.165) is 40.8 Å². The number of aryl methyl sites for hydroxylation is 4. The molecule has 1 aromatic heterocycles. The van der Waals surface area contributed by atoms with Gasteiger partial charge in [-0.15, -0.1) is 0 Å². The second-order valence-corrected chi connectivity index (χ2v) is 7.13. The lowest BCUT2D eigenvalue weighted by Gasteiger charge is -2.32. The fourth-order valence-corrected chi connectivity index (χ4v) is 3.88. The predicted octanol–water partition coefficient (Wildman–Crippen LogP) is 4.64. The third kappa shape index (κ3) is 2.75. The van der Waals surface area contributed by atoms with Crippen LogP contribution in [0.3, 0.4) is 0 Å². The third-order valence-corrected chi connectivity index (χ3v) is 5.06. The van der Waals surface area contributed by atoms with Crippen molar-refractivity contribution in [2.75, 3.05) is 11.6 Å². The first-order valence-corrected chi connectivity index (χ1v) is 9.01. The zero-order valence-corrected chi connectivity index (χ0v) is 15.7. The maximum atomic E-state index is 11.9. The molecule has 0 unspecified atom stereocenters. The Morgan fingerprint density at radius 3 is 2.46 bits per heavy atom. The molecule has 0 fully saturated rings. The van der Waals surface area contributed by atoms with Gasteiger partial charge in [-0.25, -0.2) is 4.79 Å². The van der Waals surface area contributed by atoms with E-state index in [1.807, 2.05) is 6.92 Å². The van der Waals surface area contributed by atoms with Crippen LogP contribution in [0.5, 0.6) is 5.75 Å². The summed E-state index contributed by atoms with van der Waals surface area (Å²) in [5.74, 6) is 0.842. The Hall–Kier alpha value is -2.75. The molecule has 4 rings (SSSR count). The lowest BCUT2D eigenvalue weighted by Crippen LogP contribution is -2.32. The molecule has 0 saturated heterocycles. The van der Waals surface area contributed by atoms with E-state index in [0.29, 0.717) is 12.3 Å². The molecule has 4 nitrogen and oxygen atoms in total. The van der Waals surface area contributed by atoms with E-state index in [-0.39, 0.29) is 5.63 Å². The molecule has 0 saturated carbocycles. The minimum Gasteiger partial charge on any atom is -0.472 e. The molecule has 0 bridgehead atoms. The van der Waals surface area contributed by atoms with Gasteiger partial charge in [0, 0.05) is 34.8 Å². The van der Waals surface area contributed by atoms with Crippen molar-refractivity contribution in [3.63, 3.8) is 0 Å². The van der Waals surface area contributed by atoms with Crippen LogP contribution in [-0.2, 0) is 13.0 Å². The Balaban J connectivity index is 1.83. The molecule has 0 aliphatic carbocycles. The van der Waals surface area contributed by atoms with Crippen LogP contribution in [0.15, 0.2) is 39.5 Å². The first kappa shape index (κ1) is 16.7. The number of nitrogens with zero attached hydrogens (tertiary/aromatic N) is 1. The van der Waals surface area contributed by atoms with E-state index in [1.165, 1.54) is 16.8 Å². The second-order valence-electron chi connectivity index (χ2n) is 7.13. The van der Waals surface area contributed by atoms with Gasteiger partial charge in [0.05, 0.1) is 0 Å². The molecule has 2 aromatic carbocycles. The molecule has 3 aromatic rings. The monoisotopic (exact) mass is 349 g/mol. The molecule has 0 radical (unpaired) electrons. The zero-order valence-electron chi connectivity index (χ0n) is 15.7. The van der Waals surface area contributed by atoms with Crippen LogP contribution < -0.4 is 15.3 Å². The summed E-state index contributed by atoms with van der Waals surface area (Å²) in [5.41, 5.74) is 7.06. The summed E-state index contributed by atoms with van der Waals surface area (Å²) in [4.78, 5) is 14.1. The highest BCUT2D eigenvalue weighted by atomic mass is 16.5. The quantitative estimate of drug-likeness (QED) is 0.632. The molecule has 1 aliphatic rings. The Morgan fingerprint density at radius 1 is 1.04 bits per heavy atom. The van der Waals surface area contributed by atoms with Gasteiger partial charge in [-0.3, -0.25) is 0 Å². The number of hydrogen-bond donors (Lipinski definition) is 0. The van der Waals surface area contributed by atoms with Crippen LogP contribution in [-0.4, -0.2) is 6.73 Å². The van der Waals surface area contributed by atoms with Crippen molar-refractivity contribution >= 4 is 16.7 Å². The van der Waals surface area contributed by atoms with Gasteiger partial charge in [0.1, 0.15) is 11.3 Å². The van der Waals surface area contributed by atoms with Crippen molar-refractivity contribution in [1.29, 1.82) is 0 Å². The average Bonchev–Trinajstić information content (AvgIpc) is 2.61. The topological polar surface area (TPSA) is 42.7 Å². The molecular weight excluding hydrogens is 326 g/mol. The van der Waals surface area contributed by atoms with Gasteiger partial charge in [0.15, 0.2) is 6.73 Å². The van der Waals surface area contributed by atoms with Crippen LogP contribution in [0.25, 0.3) is 11.0 Å². The van der Waals surface area contributed by atoms with E-state index in [9.17, 15) is 4.79 Å². The van der Waals surface area contributed by atoms with E-state index < -0.39 is 0 Å². The highest BCUT2D eigenvalue weighted by Crippen LogP contribution is 2.37. The maximum Gasteiger partial charge on any atom is 0.336 e. The van der Waals surface area contributed by atoms with Crippen LogP contribution in [0, 0.1) is 20.8 Å². The van der Waals surface area contributed by atoms with E-state index in [1.54, 1.807) is 6.07 Å². The molecule has 0 atom stereocenters. The largest absolute Gasteiger partial charge is 0.472 e. The number of fused-ring (bicyclic) bond motifs is 2. The third-order valence-electron chi connectivity index (χ3n) is 5.06. The number of benzene rings is 2. The Labute approximate surface area is 153 Å². The summed E-state index contributed by atoms with van der Waals surface area (Å²) in [6.45, 7) is 9.51. The first-order chi connectivity index (χ1) is 12.5. The van der Waals surface area contributed by atoms with Gasteiger partial charge in [-0.2, -0.15) is 0 Å². The smallest absolute Gasteiger partial charge is 0.336 e. The minimum atomic E-state index is -0.301. The van der Waals surface area contributed by atoms with Crippen LogP contribution >= 0.6 is 0 Å². The molecule has 0 spiro atoms. The highest BCUT2D eigenvalue weighted by molar-refractivity contribution is 5.86. The Bertz CT molecular complexity index is 1040. The molecule has 0 N–H and O–H groups in total. The van der Waals surface area contributed by atoms with E-state index >= 15 is 0 Å². The number of anilines is 1. The summed E-state index contributed by atoms with van der Waals surface area (Å²) >= 11 is 0. The molecular formula is C22H23NO3. The highest BCUT2D eigenvalue weighted by Gasteiger charge is 2.23.